The minimum Gasteiger partial charge on any atom is -0.0884 e. The van der Waals surface area contributed by atoms with Crippen molar-refractivity contribution < 1.29 is 0 Å². The predicted octanol–water partition coefficient (Wildman–Crippen LogP) is 5.25. The van der Waals surface area contributed by atoms with Crippen LogP contribution in [0.1, 0.15) is 52.4 Å². The number of rotatable bonds is 6. The second-order valence-corrected chi connectivity index (χ2v) is 4.78. The lowest BCUT2D eigenvalue weighted by Crippen LogP contribution is -1.80. The molecule has 0 rings (SSSR count). The molecule has 0 bridgehead atoms. The first-order valence-electron chi connectivity index (χ1n) is 4.75. The van der Waals surface area contributed by atoms with E-state index in [1.54, 1.807) is 0 Å². The molecule has 0 aromatic heterocycles. The average molecular weight is 301 g/mol. The summed E-state index contributed by atoms with van der Waals surface area (Å²) < 4.78 is 1.37. The summed E-state index contributed by atoms with van der Waals surface area (Å²) >= 11 is 8.50. The van der Waals surface area contributed by atoms with Crippen molar-refractivity contribution >= 4 is 34.2 Å². The van der Waals surface area contributed by atoms with Crippen LogP contribution in [-0.2, 0) is 0 Å². The van der Waals surface area contributed by atoms with Crippen molar-refractivity contribution in [1.82, 2.24) is 0 Å². The third-order valence-corrected chi connectivity index (χ3v) is 3.72. The van der Waals surface area contributed by atoms with E-state index in [9.17, 15) is 0 Å². The fraction of sp³-hybridized carbons (Fsp3) is 0.800. The maximum Gasteiger partial charge on any atom is 0.0273 e. The average Bonchev–Trinajstić information content (AvgIpc) is 2.10. The first kappa shape index (κ1) is 12.8. The lowest BCUT2D eigenvalue weighted by atomic mass is 10.2. The molecule has 0 spiro atoms. The Morgan fingerprint density at radius 2 is 1.58 bits per heavy atom. The Morgan fingerprint density at radius 3 is 2.08 bits per heavy atom. The molecule has 0 radical (unpaired) electrons. The largest absolute Gasteiger partial charge is 0.0884 e. The highest BCUT2D eigenvalue weighted by Gasteiger charge is 1.99. The van der Waals surface area contributed by atoms with E-state index in [1.165, 1.54) is 35.7 Å². The van der Waals surface area contributed by atoms with Crippen molar-refractivity contribution in [3.05, 3.63) is 8.61 Å². The molecule has 0 unspecified atom stereocenters. The van der Waals surface area contributed by atoms with E-state index in [0.29, 0.717) is 0 Å². The maximum absolute atomic E-state index is 6.12. The molecule has 0 N–H and O–H groups in total. The minimum atomic E-state index is 1.07. The lowest BCUT2D eigenvalue weighted by Gasteiger charge is -2.02. The lowest BCUT2D eigenvalue weighted by molar-refractivity contribution is 0.784. The van der Waals surface area contributed by atoms with E-state index < -0.39 is 0 Å². The molecular weight excluding hydrogens is 282 g/mol. The normalized spacial score (nSPS) is 13.0. The van der Waals surface area contributed by atoms with Crippen LogP contribution in [-0.4, -0.2) is 0 Å². The van der Waals surface area contributed by atoms with Gasteiger partial charge in [0.25, 0.3) is 0 Å². The van der Waals surface area contributed by atoms with E-state index in [1.807, 2.05) is 0 Å². The number of allylic oxidation sites excluding steroid dienone is 2. The van der Waals surface area contributed by atoms with Gasteiger partial charge in [-0.3, -0.25) is 0 Å². The van der Waals surface area contributed by atoms with Crippen LogP contribution in [0.25, 0.3) is 0 Å². The molecule has 0 heterocycles. The van der Waals surface area contributed by atoms with Gasteiger partial charge in [-0.05, 0) is 48.3 Å². The summed E-state index contributed by atoms with van der Waals surface area (Å²) in [5.41, 5.74) is 0. The fourth-order valence-electron chi connectivity index (χ4n) is 0.935. The van der Waals surface area contributed by atoms with E-state index >= 15 is 0 Å². The van der Waals surface area contributed by atoms with Crippen LogP contribution in [0, 0.1) is 0 Å². The van der Waals surface area contributed by atoms with Crippen molar-refractivity contribution in [2.45, 2.75) is 52.4 Å². The third kappa shape index (κ3) is 6.30. The summed E-state index contributed by atoms with van der Waals surface area (Å²) in [5, 5.41) is 1.09. The molecule has 0 aromatic rings. The second-order valence-electron chi connectivity index (χ2n) is 3.02. The molecule has 0 aromatic carbocycles. The van der Waals surface area contributed by atoms with Gasteiger partial charge in [-0.25, -0.2) is 0 Å². The number of unbranched alkanes of at least 4 members (excludes halogenated alkanes) is 2. The van der Waals surface area contributed by atoms with Crippen LogP contribution in [0.4, 0.5) is 0 Å². The van der Waals surface area contributed by atoms with Gasteiger partial charge < -0.3 is 0 Å². The molecule has 12 heavy (non-hydrogen) atoms. The van der Waals surface area contributed by atoms with Crippen molar-refractivity contribution in [2.75, 3.05) is 0 Å². The molecule has 0 amide bonds. The van der Waals surface area contributed by atoms with Crippen LogP contribution >= 0.6 is 34.2 Å². The molecule has 0 aliphatic heterocycles. The number of halogens is 2. The summed E-state index contributed by atoms with van der Waals surface area (Å²) in [5.74, 6) is 0. The Labute approximate surface area is 94.9 Å². The predicted molar refractivity (Wildman–Crippen MR) is 65.9 cm³/mol. The molecule has 72 valence electrons. The standard InChI is InChI=1S/C10H18ClI/c1-3-5-7-9(11)10(12)8-6-4-2/h3-8H2,1-2H3/b10-9+. The van der Waals surface area contributed by atoms with Crippen LogP contribution < -0.4 is 0 Å². The highest BCUT2D eigenvalue weighted by atomic mass is 127. The Morgan fingerprint density at radius 1 is 1.08 bits per heavy atom. The molecule has 2 heteroatoms. The van der Waals surface area contributed by atoms with Crippen LogP contribution in [0.3, 0.4) is 0 Å². The van der Waals surface area contributed by atoms with Crippen LogP contribution in [0.5, 0.6) is 0 Å². The van der Waals surface area contributed by atoms with Gasteiger partial charge in [0.05, 0.1) is 0 Å². The van der Waals surface area contributed by atoms with Gasteiger partial charge in [-0.1, -0.05) is 38.3 Å². The SMILES string of the molecule is CCCC/C(Cl)=C(\I)CCCC. The zero-order valence-corrected chi connectivity index (χ0v) is 10.9. The van der Waals surface area contributed by atoms with E-state index in [2.05, 4.69) is 36.4 Å². The smallest absolute Gasteiger partial charge is 0.0273 e. The van der Waals surface area contributed by atoms with Gasteiger partial charge in [0.15, 0.2) is 0 Å². The summed E-state index contributed by atoms with van der Waals surface area (Å²) in [6, 6.07) is 0. The number of hydrogen-bond donors (Lipinski definition) is 0. The molecule has 0 aliphatic rings. The zero-order valence-electron chi connectivity index (χ0n) is 8.00. The molecule has 0 atom stereocenters. The van der Waals surface area contributed by atoms with Crippen molar-refractivity contribution in [3.8, 4) is 0 Å². The second kappa shape index (κ2) is 8.36. The summed E-state index contributed by atoms with van der Waals surface area (Å²) in [4.78, 5) is 0. The monoisotopic (exact) mass is 300 g/mol. The maximum atomic E-state index is 6.12. The first-order valence-corrected chi connectivity index (χ1v) is 6.21. The highest BCUT2D eigenvalue weighted by Crippen LogP contribution is 2.26. The van der Waals surface area contributed by atoms with Crippen LogP contribution in [0.15, 0.2) is 8.61 Å². The zero-order chi connectivity index (χ0) is 9.40. The van der Waals surface area contributed by atoms with Crippen LogP contribution in [0.2, 0.25) is 0 Å². The molecule has 0 fully saturated rings. The van der Waals surface area contributed by atoms with Gasteiger partial charge >= 0.3 is 0 Å². The summed E-state index contributed by atoms with van der Waals surface area (Å²) in [6.45, 7) is 4.41. The van der Waals surface area contributed by atoms with Crippen molar-refractivity contribution in [2.24, 2.45) is 0 Å². The highest BCUT2D eigenvalue weighted by molar-refractivity contribution is 14.1. The third-order valence-electron chi connectivity index (χ3n) is 1.79. The Balaban J connectivity index is 3.72. The minimum absolute atomic E-state index is 1.07. The Kier molecular flexibility index (Phi) is 8.89. The van der Waals surface area contributed by atoms with E-state index in [0.717, 1.165) is 11.5 Å². The van der Waals surface area contributed by atoms with Crippen molar-refractivity contribution in [1.29, 1.82) is 0 Å². The number of hydrogen-bond acceptors (Lipinski definition) is 0. The first-order chi connectivity index (χ1) is 5.72. The quantitative estimate of drug-likeness (QED) is 0.588. The van der Waals surface area contributed by atoms with Gasteiger partial charge in [-0.15, -0.1) is 0 Å². The fourth-order valence-corrected chi connectivity index (χ4v) is 1.81. The van der Waals surface area contributed by atoms with E-state index in [4.69, 9.17) is 11.6 Å². The van der Waals surface area contributed by atoms with Gasteiger partial charge in [-0.2, -0.15) is 0 Å². The molecule has 0 nitrogen and oxygen atoms in total. The molecule has 0 aliphatic carbocycles. The Hall–Kier alpha value is 0.760. The van der Waals surface area contributed by atoms with Gasteiger partial charge in [0, 0.05) is 8.61 Å². The molecule has 0 saturated carbocycles. The summed E-state index contributed by atoms with van der Waals surface area (Å²) in [7, 11) is 0. The molecular formula is C10H18ClI. The van der Waals surface area contributed by atoms with E-state index in [-0.39, 0.29) is 0 Å². The summed E-state index contributed by atoms with van der Waals surface area (Å²) in [6.07, 6.45) is 7.20. The Bertz CT molecular complexity index is 125. The van der Waals surface area contributed by atoms with Crippen molar-refractivity contribution in [3.63, 3.8) is 0 Å². The molecule has 0 saturated heterocycles. The topological polar surface area (TPSA) is 0 Å². The van der Waals surface area contributed by atoms with Gasteiger partial charge in [0.1, 0.15) is 0 Å². The van der Waals surface area contributed by atoms with Gasteiger partial charge in [0.2, 0.25) is 0 Å².